The molecule has 0 saturated heterocycles. The highest BCUT2D eigenvalue weighted by molar-refractivity contribution is 5.77. The number of alkyl halides is 3. The standard InChI is InChI=1S/C18H21F3N4O/c1-17(2,26-3)9-8-11-10-4-6-13(10)25-15-12(23-16(25)22-11)5-7-14(24-15)18(19,20)21/h5,7,13H,4,6,8-9H2,1-3H3,(H,22,23). The Morgan fingerprint density at radius 1 is 1.27 bits per heavy atom. The number of ether oxygens (including phenoxy) is 1. The molecule has 0 aromatic carbocycles. The molecular weight excluding hydrogens is 345 g/mol. The largest absolute Gasteiger partial charge is 0.433 e. The van der Waals surface area contributed by atoms with Gasteiger partial charge in [0.1, 0.15) is 11.2 Å². The lowest BCUT2D eigenvalue weighted by Crippen LogP contribution is -2.31. The highest BCUT2D eigenvalue weighted by Crippen LogP contribution is 2.47. The number of fused-ring (bicyclic) bond motifs is 5. The third kappa shape index (κ3) is 2.76. The van der Waals surface area contributed by atoms with Crippen LogP contribution in [-0.4, -0.2) is 27.2 Å². The van der Waals surface area contributed by atoms with E-state index in [2.05, 4.69) is 15.3 Å². The van der Waals surface area contributed by atoms with Gasteiger partial charge in [-0.2, -0.15) is 13.2 Å². The fourth-order valence-corrected chi connectivity index (χ4v) is 3.54. The van der Waals surface area contributed by atoms with E-state index >= 15 is 0 Å². The van der Waals surface area contributed by atoms with E-state index in [4.69, 9.17) is 4.74 Å². The number of nitrogens with zero attached hydrogens (tertiary/aromatic N) is 3. The van der Waals surface area contributed by atoms with E-state index in [9.17, 15) is 13.2 Å². The zero-order valence-electron chi connectivity index (χ0n) is 14.9. The Labute approximate surface area is 149 Å². The molecular formula is C18H21F3N4O. The zero-order chi connectivity index (χ0) is 18.7. The fraction of sp³-hybridized carbons (Fsp3) is 0.556. The lowest BCUT2D eigenvalue weighted by atomic mass is 9.81. The Kier molecular flexibility index (Phi) is 3.80. The Hall–Kier alpha value is -2.09. The highest BCUT2D eigenvalue weighted by Gasteiger charge is 2.38. The third-order valence-corrected chi connectivity index (χ3v) is 5.41. The van der Waals surface area contributed by atoms with E-state index in [1.807, 2.05) is 18.4 Å². The Balaban J connectivity index is 1.69. The van der Waals surface area contributed by atoms with Crippen molar-refractivity contribution in [1.29, 1.82) is 0 Å². The molecule has 0 spiro atoms. The van der Waals surface area contributed by atoms with Crippen molar-refractivity contribution in [2.45, 2.75) is 57.3 Å². The van der Waals surface area contributed by atoms with Gasteiger partial charge in [-0.3, -0.25) is 4.57 Å². The number of halogens is 3. The fourth-order valence-electron chi connectivity index (χ4n) is 3.54. The number of pyridine rings is 1. The minimum atomic E-state index is -4.46. The summed E-state index contributed by atoms with van der Waals surface area (Å²) < 4.78 is 46.4. The number of hydrogen-bond donors (Lipinski definition) is 1. The first-order valence-electron chi connectivity index (χ1n) is 8.70. The van der Waals surface area contributed by atoms with Gasteiger partial charge in [0.25, 0.3) is 0 Å². The van der Waals surface area contributed by atoms with Gasteiger partial charge in [-0.25, -0.2) is 9.97 Å². The molecule has 2 aromatic heterocycles. The first kappa shape index (κ1) is 17.3. The van der Waals surface area contributed by atoms with Crippen LogP contribution in [0.15, 0.2) is 23.4 Å². The molecule has 5 nitrogen and oxygen atoms in total. The van der Waals surface area contributed by atoms with Crippen molar-refractivity contribution < 1.29 is 17.9 Å². The average Bonchev–Trinajstić information content (AvgIpc) is 2.88. The zero-order valence-corrected chi connectivity index (χ0v) is 14.9. The lowest BCUT2D eigenvalue weighted by Gasteiger charge is -2.39. The van der Waals surface area contributed by atoms with Gasteiger partial charge < -0.3 is 10.1 Å². The van der Waals surface area contributed by atoms with Crippen LogP contribution in [0.5, 0.6) is 0 Å². The van der Waals surface area contributed by atoms with Gasteiger partial charge in [-0.05, 0) is 57.2 Å². The quantitative estimate of drug-likeness (QED) is 0.854. The van der Waals surface area contributed by atoms with Gasteiger partial charge in [-0.1, -0.05) is 0 Å². The van der Waals surface area contributed by atoms with Crippen molar-refractivity contribution in [2.75, 3.05) is 12.4 Å². The maximum absolute atomic E-state index is 13.0. The molecule has 1 aliphatic heterocycles. The van der Waals surface area contributed by atoms with Crippen LogP contribution in [0, 0.1) is 0 Å². The van der Waals surface area contributed by atoms with Crippen LogP contribution in [0.3, 0.4) is 0 Å². The summed E-state index contributed by atoms with van der Waals surface area (Å²) in [5.74, 6) is 0.575. The van der Waals surface area contributed by atoms with E-state index in [1.54, 1.807) is 7.11 Å². The smallest absolute Gasteiger partial charge is 0.379 e. The summed E-state index contributed by atoms with van der Waals surface area (Å²) in [5.41, 5.74) is 2.01. The molecule has 3 heterocycles. The molecule has 26 heavy (non-hydrogen) atoms. The summed E-state index contributed by atoms with van der Waals surface area (Å²) in [4.78, 5) is 8.32. The van der Waals surface area contributed by atoms with Gasteiger partial charge in [-0.15, -0.1) is 0 Å². The van der Waals surface area contributed by atoms with Gasteiger partial charge in [0, 0.05) is 12.8 Å². The van der Waals surface area contributed by atoms with Crippen molar-refractivity contribution in [3.05, 3.63) is 29.1 Å². The minimum absolute atomic E-state index is 0.0490. The van der Waals surface area contributed by atoms with Crippen LogP contribution in [0.4, 0.5) is 19.1 Å². The molecule has 1 N–H and O–H groups in total. The van der Waals surface area contributed by atoms with Gasteiger partial charge in [0.15, 0.2) is 5.65 Å². The lowest BCUT2D eigenvalue weighted by molar-refractivity contribution is -0.141. The summed E-state index contributed by atoms with van der Waals surface area (Å²) >= 11 is 0. The number of anilines is 1. The highest BCUT2D eigenvalue weighted by atomic mass is 19.4. The number of imidazole rings is 1. The molecule has 4 rings (SSSR count). The second-order valence-corrected chi connectivity index (χ2v) is 7.49. The number of rotatable bonds is 4. The summed E-state index contributed by atoms with van der Waals surface area (Å²) in [6.45, 7) is 4.08. The third-order valence-electron chi connectivity index (χ3n) is 5.41. The van der Waals surface area contributed by atoms with Gasteiger partial charge in [0.05, 0.1) is 11.6 Å². The van der Waals surface area contributed by atoms with Crippen LogP contribution in [0.2, 0.25) is 0 Å². The molecule has 1 fully saturated rings. The molecule has 1 saturated carbocycles. The van der Waals surface area contributed by atoms with Gasteiger partial charge in [0.2, 0.25) is 5.95 Å². The molecule has 2 aromatic rings. The Bertz CT molecular complexity index is 898. The SMILES string of the molecule is COC(C)(C)CCC1=C2CCC2n2c(nc3ccc(C(F)(F)F)nc32)N1. The number of hydrogen-bond acceptors (Lipinski definition) is 4. The first-order valence-corrected chi connectivity index (χ1v) is 8.70. The maximum Gasteiger partial charge on any atom is 0.433 e. The second-order valence-electron chi connectivity index (χ2n) is 7.49. The van der Waals surface area contributed by atoms with Crippen molar-refractivity contribution >= 4 is 17.1 Å². The summed E-state index contributed by atoms with van der Waals surface area (Å²) in [6, 6.07) is 2.43. The van der Waals surface area contributed by atoms with Crippen LogP contribution in [-0.2, 0) is 10.9 Å². The van der Waals surface area contributed by atoms with E-state index in [-0.39, 0.29) is 11.6 Å². The molecule has 1 unspecified atom stereocenters. The first-order chi connectivity index (χ1) is 12.2. The molecule has 140 valence electrons. The van der Waals surface area contributed by atoms with Crippen molar-refractivity contribution in [3.8, 4) is 0 Å². The monoisotopic (exact) mass is 366 g/mol. The van der Waals surface area contributed by atoms with E-state index in [0.29, 0.717) is 17.1 Å². The number of allylic oxidation sites excluding steroid dienone is 2. The molecule has 2 aliphatic rings. The number of aromatic nitrogens is 3. The van der Waals surface area contributed by atoms with Crippen LogP contribution in [0.1, 0.15) is 51.3 Å². The van der Waals surface area contributed by atoms with Crippen molar-refractivity contribution in [3.63, 3.8) is 0 Å². The molecule has 0 radical (unpaired) electrons. The van der Waals surface area contributed by atoms with Crippen LogP contribution in [0.25, 0.3) is 11.2 Å². The molecule has 8 heteroatoms. The summed E-state index contributed by atoms with van der Waals surface area (Å²) in [6.07, 6.45) is -0.963. The van der Waals surface area contributed by atoms with E-state index < -0.39 is 11.9 Å². The second kappa shape index (κ2) is 5.70. The Morgan fingerprint density at radius 3 is 2.65 bits per heavy atom. The summed E-state index contributed by atoms with van der Waals surface area (Å²) in [7, 11) is 1.70. The average molecular weight is 366 g/mol. The topological polar surface area (TPSA) is 52.0 Å². The van der Waals surface area contributed by atoms with Crippen molar-refractivity contribution in [2.24, 2.45) is 0 Å². The van der Waals surface area contributed by atoms with Gasteiger partial charge >= 0.3 is 6.18 Å². The van der Waals surface area contributed by atoms with Crippen LogP contribution < -0.4 is 5.32 Å². The van der Waals surface area contributed by atoms with E-state index in [0.717, 1.165) is 37.4 Å². The number of nitrogens with one attached hydrogen (secondary N) is 1. The molecule has 1 atom stereocenters. The number of methoxy groups -OCH3 is 1. The summed E-state index contributed by atoms with van der Waals surface area (Å²) in [5, 5.41) is 3.33. The predicted molar refractivity (Wildman–Crippen MR) is 91.8 cm³/mol. The molecule has 0 amide bonds. The van der Waals surface area contributed by atoms with Crippen LogP contribution >= 0.6 is 0 Å². The molecule has 1 aliphatic carbocycles. The predicted octanol–water partition coefficient (Wildman–Crippen LogP) is 4.67. The van der Waals surface area contributed by atoms with Crippen molar-refractivity contribution in [1.82, 2.24) is 14.5 Å². The normalized spacial score (nSPS) is 19.8. The maximum atomic E-state index is 13.0. The Morgan fingerprint density at radius 2 is 2.04 bits per heavy atom. The van der Waals surface area contributed by atoms with E-state index in [1.165, 1.54) is 11.6 Å². The molecule has 0 bridgehead atoms. The minimum Gasteiger partial charge on any atom is -0.379 e.